The summed E-state index contributed by atoms with van der Waals surface area (Å²) in [4.78, 5) is 12.0. The first kappa shape index (κ1) is 10.8. The van der Waals surface area contributed by atoms with Gasteiger partial charge in [0.15, 0.2) is 5.78 Å². The van der Waals surface area contributed by atoms with Crippen molar-refractivity contribution >= 4 is 5.78 Å². The number of hydrogen-bond acceptors (Lipinski definition) is 3. The molecule has 3 heteroatoms. The SMILES string of the molecule is NC1(N)C=CC(C(=O)c2ccccc2)=CC1. The Kier molecular flexibility index (Phi) is 2.73. The Labute approximate surface area is 94.4 Å². The summed E-state index contributed by atoms with van der Waals surface area (Å²) in [6.07, 6.45) is 5.63. The average molecular weight is 214 g/mol. The van der Waals surface area contributed by atoms with Crippen LogP contribution in [-0.2, 0) is 0 Å². The molecule has 0 bridgehead atoms. The van der Waals surface area contributed by atoms with Gasteiger partial charge in [0, 0.05) is 17.6 Å². The topological polar surface area (TPSA) is 69.1 Å². The van der Waals surface area contributed by atoms with Gasteiger partial charge in [-0.15, -0.1) is 0 Å². The molecule has 1 aliphatic carbocycles. The Morgan fingerprint density at radius 3 is 2.44 bits per heavy atom. The van der Waals surface area contributed by atoms with E-state index in [1.807, 2.05) is 18.2 Å². The number of rotatable bonds is 2. The molecule has 82 valence electrons. The van der Waals surface area contributed by atoms with Crippen molar-refractivity contribution in [3.63, 3.8) is 0 Å². The Hall–Kier alpha value is -1.71. The molecule has 2 rings (SSSR count). The molecule has 16 heavy (non-hydrogen) atoms. The van der Waals surface area contributed by atoms with Gasteiger partial charge in [0.1, 0.15) is 0 Å². The molecule has 0 saturated heterocycles. The minimum Gasteiger partial charge on any atom is -0.310 e. The standard InChI is InChI=1S/C13H14N2O/c14-13(15)8-6-11(7-9-13)12(16)10-4-2-1-3-5-10/h1-8H,9,14-15H2. The molecule has 0 aromatic heterocycles. The maximum absolute atomic E-state index is 12.0. The predicted octanol–water partition coefficient (Wildman–Crippen LogP) is 1.37. The molecule has 0 amide bonds. The summed E-state index contributed by atoms with van der Waals surface area (Å²) in [7, 11) is 0. The fourth-order valence-corrected chi connectivity index (χ4v) is 1.59. The largest absolute Gasteiger partial charge is 0.310 e. The zero-order valence-electron chi connectivity index (χ0n) is 8.89. The van der Waals surface area contributed by atoms with Crippen molar-refractivity contribution < 1.29 is 4.79 Å². The molecule has 0 heterocycles. The van der Waals surface area contributed by atoms with Crippen LogP contribution in [0.25, 0.3) is 0 Å². The number of allylic oxidation sites excluding steroid dienone is 2. The fourth-order valence-electron chi connectivity index (χ4n) is 1.59. The molecule has 3 nitrogen and oxygen atoms in total. The van der Waals surface area contributed by atoms with Crippen molar-refractivity contribution in [1.82, 2.24) is 0 Å². The van der Waals surface area contributed by atoms with E-state index in [9.17, 15) is 4.79 Å². The highest BCUT2D eigenvalue weighted by Crippen LogP contribution is 2.17. The van der Waals surface area contributed by atoms with E-state index in [4.69, 9.17) is 11.5 Å². The summed E-state index contributed by atoms with van der Waals surface area (Å²) < 4.78 is 0. The van der Waals surface area contributed by atoms with Gasteiger partial charge in [0.05, 0.1) is 5.66 Å². The summed E-state index contributed by atoms with van der Waals surface area (Å²) in [5.41, 5.74) is 11.9. The first-order chi connectivity index (χ1) is 7.58. The van der Waals surface area contributed by atoms with E-state index in [1.165, 1.54) is 0 Å². The van der Waals surface area contributed by atoms with E-state index in [0.29, 0.717) is 17.6 Å². The quantitative estimate of drug-likeness (QED) is 0.577. The number of nitrogens with two attached hydrogens (primary N) is 2. The van der Waals surface area contributed by atoms with E-state index < -0.39 is 5.66 Å². The highest BCUT2D eigenvalue weighted by atomic mass is 16.1. The molecule has 0 radical (unpaired) electrons. The molecule has 0 unspecified atom stereocenters. The van der Waals surface area contributed by atoms with Gasteiger partial charge in [-0.1, -0.05) is 42.5 Å². The Morgan fingerprint density at radius 1 is 1.19 bits per heavy atom. The number of hydrogen-bond donors (Lipinski definition) is 2. The lowest BCUT2D eigenvalue weighted by molar-refractivity contribution is 0.103. The van der Waals surface area contributed by atoms with Crippen molar-refractivity contribution in [1.29, 1.82) is 0 Å². The summed E-state index contributed by atoms with van der Waals surface area (Å²) in [6, 6.07) is 9.16. The van der Waals surface area contributed by atoms with Crippen LogP contribution in [0.4, 0.5) is 0 Å². The normalized spacial score (nSPS) is 18.0. The summed E-state index contributed by atoms with van der Waals surface area (Å²) in [6.45, 7) is 0. The van der Waals surface area contributed by atoms with Crippen LogP contribution < -0.4 is 11.5 Å². The van der Waals surface area contributed by atoms with Gasteiger partial charge in [-0.3, -0.25) is 4.79 Å². The van der Waals surface area contributed by atoms with E-state index in [0.717, 1.165) is 0 Å². The van der Waals surface area contributed by atoms with Crippen LogP contribution >= 0.6 is 0 Å². The van der Waals surface area contributed by atoms with Gasteiger partial charge >= 0.3 is 0 Å². The molecule has 1 aromatic rings. The molecule has 0 fully saturated rings. The smallest absolute Gasteiger partial charge is 0.192 e. The number of carbonyl (C=O) groups excluding carboxylic acids is 1. The van der Waals surface area contributed by atoms with Crippen LogP contribution in [0.5, 0.6) is 0 Å². The van der Waals surface area contributed by atoms with Crippen molar-refractivity contribution in [3.05, 3.63) is 59.7 Å². The van der Waals surface area contributed by atoms with Crippen molar-refractivity contribution in [2.75, 3.05) is 0 Å². The van der Waals surface area contributed by atoms with Crippen molar-refractivity contribution in [3.8, 4) is 0 Å². The molecule has 0 saturated carbocycles. The number of ketones is 1. The van der Waals surface area contributed by atoms with Crippen molar-refractivity contribution in [2.24, 2.45) is 11.5 Å². The first-order valence-corrected chi connectivity index (χ1v) is 5.15. The van der Waals surface area contributed by atoms with Gasteiger partial charge in [-0.2, -0.15) is 0 Å². The highest BCUT2D eigenvalue weighted by molar-refractivity contribution is 6.10. The van der Waals surface area contributed by atoms with Crippen molar-refractivity contribution in [2.45, 2.75) is 12.1 Å². The number of Topliss-reactive ketones (excluding diaryl/α,β-unsaturated/α-hetero) is 1. The molecule has 1 aromatic carbocycles. The van der Waals surface area contributed by atoms with Gasteiger partial charge in [0.25, 0.3) is 0 Å². The Bertz CT molecular complexity index is 458. The zero-order chi connectivity index (χ0) is 11.6. The third-order valence-electron chi connectivity index (χ3n) is 2.55. The second-order valence-corrected chi connectivity index (χ2v) is 4.00. The minimum atomic E-state index is -0.819. The van der Waals surface area contributed by atoms with E-state index >= 15 is 0 Å². The van der Waals surface area contributed by atoms with Gasteiger partial charge in [0.2, 0.25) is 0 Å². The van der Waals surface area contributed by atoms with E-state index in [2.05, 4.69) is 0 Å². The highest BCUT2D eigenvalue weighted by Gasteiger charge is 2.20. The third kappa shape index (κ3) is 2.27. The maximum atomic E-state index is 12.0. The molecule has 4 N–H and O–H groups in total. The molecule has 0 aliphatic heterocycles. The molecule has 0 spiro atoms. The van der Waals surface area contributed by atoms with E-state index in [1.54, 1.807) is 30.4 Å². The van der Waals surface area contributed by atoms with Gasteiger partial charge < -0.3 is 11.5 Å². The second kappa shape index (κ2) is 4.04. The summed E-state index contributed by atoms with van der Waals surface area (Å²) in [5, 5.41) is 0. The summed E-state index contributed by atoms with van der Waals surface area (Å²) >= 11 is 0. The van der Waals surface area contributed by atoms with E-state index in [-0.39, 0.29) is 5.78 Å². The first-order valence-electron chi connectivity index (χ1n) is 5.15. The lowest BCUT2D eigenvalue weighted by Gasteiger charge is -2.22. The van der Waals surface area contributed by atoms with Crippen LogP contribution in [0.3, 0.4) is 0 Å². The number of carbonyl (C=O) groups is 1. The van der Waals surface area contributed by atoms with Crippen LogP contribution in [-0.4, -0.2) is 11.4 Å². The van der Waals surface area contributed by atoms with Gasteiger partial charge in [-0.25, -0.2) is 0 Å². The zero-order valence-corrected chi connectivity index (χ0v) is 8.89. The molecule has 0 atom stereocenters. The Morgan fingerprint density at radius 2 is 1.88 bits per heavy atom. The monoisotopic (exact) mass is 214 g/mol. The van der Waals surface area contributed by atoms with Crippen LogP contribution in [0.1, 0.15) is 16.8 Å². The minimum absolute atomic E-state index is 0.00681. The number of benzene rings is 1. The van der Waals surface area contributed by atoms with Crippen LogP contribution in [0, 0.1) is 0 Å². The van der Waals surface area contributed by atoms with Crippen LogP contribution in [0.2, 0.25) is 0 Å². The lowest BCUT2D eigenvalue weighted by atomic mass is 9.94. The molecular weight excluding hydrogens is 200 g/mol. The maximum Gasteiger partial charge on any atom is 0.192 e. The lowest BCUT2D eigenvalue weighted by Crippen LogP contribution is -2.47. The predicted molar refractivity (Wildman–Crippen MR) is 63.7 cm³/mol. The van der Waals surface area contributed by atoms with Gasteiger partial charge in [-0.05, 0) is 6.08 Å². The summed E-state index contributed by atoms with van der Waals surface area (Å²) in [5.74, 6) is 0.00681. The second-order valence-electron chi connectivity index (χ2n) is 4.00. The van der Waals surface area contributed by atoms with Crippen LogP contribution in [0.15, 0.2) is 54.1 Å². The average Bonchev–Trinajstić information content (AvgIpc) is 2.29. The molecule has 1 aliphatic rings. The molecular formula is C13H14N2O. The fraction of sp³-hybridized carbons (Fsp3) is 0.154. The third-order valence-corrected chi connectivity index (χ3v) is 2.55. The Balaban J connectivity index is 2.20.